The third-order valence-corrected chi connectivity index (χ3v) is 5.59. The van der Waals surface area contributed by atoms with Gasteiger partial charge in [-0.2, -0.15) is 10.3 Å². The molecule has 1 aliphatic heterocycles. The molecular weight excluding hydrogens is 462 g/mol. The van der Waals surface area contributed by atoms with Gasteiger partial charge >= 0.3 is 0 Å². The Labute approximate surface area is 206 Å². The normalized spacial score (nSPS) is 15.9. The SMILES string of the molecule is C=C/C=C1/OCO/C1=C/CC(=O)N=c1c(C#N)cc2c(=O)n3cccc(C)c3nc2n1CCCOC. The minimum atomic E-state index is -0.499. The summed E-state index contributed by atoms with van der Waals surface area (Å²) < 4.78 is 19.0. The van der Waals surface area contributed by atoms with E-state index >= 15 is 0 Å². The predicted octanol–water partition coefficient (Wildman–Crippen LogP) is 2.64. The van der Waals surface area contributed by atoms with E-state index in [1.807, 2.05) is 13.0 Å². The monoisotopic (exact) mass is 487 g/mol. The first-order valence-electron chi connectivity index (χ1n) is 11.3. The Kier molecular flexibility index (Phi) is 7.42. The highest BCUT2D eigenvalue weighted by Gasteiger charge is 2.17. The fourth-order valence-corrected chi connectivity index (χ4v) is 3.91. The van der Waals surface area contributed by atoms with Crippen LogP contribution in [-0.2, 0) is 25.5 Å². The number of ether oxygens (including phenoxy) is 3. The van der Waals surface area contributed by atoms with Crippen molar-refractivity contribution in [2.75, 3.05) is 20.5 Å². The molecule has 0 saturated carbocycles. The average Bonchev–Trinajstić information content (AvgIpc) is 3.32. The van der Waals surface area contributed by atoms with Crippen molar-refractivity contribution >= 4 is 22.6 Å². The second-order valence-corrected chi connectivity index (χ2v) is 7.98. The van der Waals surface area contributed by atoms with Gasteiger partial charge in [0, 0.05) is 26.5 Å². The Balaban J connectivity index is 1.90. The Bertz CT molecular complexity index is 1590. The van der Waals surface area contributed by atoms with Gasteiger partial charge in [0.1, 0.15) is 17.4 Å². The fraction of sp³-hybridized carbons (Fsp3) is 0.269. The fourth-order valence-electron chi connectivity index (χ4n) is 3.91. The maximum Gasteiger partial charge on any atom is 0.267 e. The van der Waals surface area contributed by atoms with Crippen molar-refractivity contribution in [3.63, 3.8) is 0 Å². The zero-order chi connectivity index (χ0) is 25.7. The van der Waals surface area contributed by atoms with E-state index in [1.54, 1.807) is 42.2 Å². The number of methoxy groups -OCH3 is 1. The summed E-state index contributed by atoms with van der Waals surface area (Å²) in [6.45, 7) is 6.31. The van der Waals surface area contributed by atoms with Crippen LogP contribution in [0.15, 0.2) is 70.5 Å². The number of carbonyl (C=O) groups is 1. The van der Waals surface area contributed by atoms with Crippen molar-refractivity contribution in [2.24, 2.45) is 4.99 Å². The number of rotatable bonds is 7. The molecule has 0 atom stereocenters. The molecule has 1 saturated heterocycles. The Morgan fingerprint density at radius 2 is 2.17 bits per heavy atom. The van der Waals surface area contributed by atoms with Crippen molar-refractivity contribution in [3.8, 4) is 6.07 Å². The van der Waals surface area contributed by atoms with Crippen LogP contribution in [0.3, 0.4) is 0 Å². The molecule has 0 aliphatic carbocycles. The molecule has 36 heavy (non-hydrogen) atoms. The minimum Gasteiger partial charge on any atom is -0.454 e. The van der Waals surface area contributed by atoms with E-state index in [0.717, 1.165) is 5.56 Å². The average molecular weight is 488 g/mol. The third kappa shape index (κ3) is 4.82. The summed E-state index contributed by atoms with van der Waals surface area (Å²) >= 11 is 0. The first kappa shape index (κ1) is 24.6. The van der Waals surface area contributed by atoms with E-state index in [1.165, 1.54) is 10.5 Å². The van der Waals surface area contributed by atoms with E-state index in [4.69, 9.17) is 19.2 Å². The topological polar surface area (TPSA) is 120 Å². The maximum absolute atomic E-state index is 13.3. The van der Waals surface area contributed by atoms with Gasteiger partial charge in [-0.25, -0.2) is 4.98 Å². The highest BCUT2D eigenvalue weighted by molar-refractivity contribution is 5.81. The van der Waals surface area contributed by atoms with Crippen LogP contribution < -0.4 is 11.0 Å². The molecule has 1 aliphatic rings. The van der Waals surface area contributed by atoms with E-state index in [2.05, 4.69) is 17.6 Å². The van der Waals surface area contributed by atoms with Crippen molar-refractivity contribution in [1.82, 2.24) is 14.0 Å². The van der Waals surface area contributed by atoms with E-state index in [9.17, 15) is 14.9 Å². The van der Waals surface area contributed by atoms with Crippen molar-refractivity contribution in [2.45, 2.75) is 26.3 Å². The van der Waals surface area contributed by atoms with Gasteiger partial charge in [-0.1, -0.05) is 18.7 Å². The number of fused-ring (bicyclic) bond motifs is 2. The summed E-state index contributed by atoms with van der Waals surface area (Å²) in [5.74, 6) is 0.394. The number of aryl methyl sites for hydroxylation is 2. The van der Waals surface area contributed by atoms with Crippen LogP contribution in [-0.4, -0.2) is 40.4 Å². The molecule has 0 radical (unpaired) electrons. The number of allylic oxidation sites excluding steroid dienone is 2. The van der Waals surface area contributed by atoms with Crippen LogP contribution in [0.5, 0.6) is 0 Å². The van der Waals surface area contributed by atoms with Gasteiger partial charge in [0.2, 0.25) is 6.79 Å². The second kappa shape index (κ2) is 10.8. The predicted molar refractivity (Wildman–Crippen MR) is 131 cm³/mol. The molecule has 3 aromatic rings. The van der Waals surface area contributed by atoms with Gasteiger partial charge in [-0.15, -0.1) is 0 Å². The lowest BCUT2D eigenvalue weighted by atomic mass is 10.2. The van der Waals surface area contributed by atoms with Gasteiger partial charge < -0.3 is 18.8 Å². The third-order valence-electron chi connectivity index (χ3n) is 5.59. The number of carbonyl (C=O) groups excluding carboxylic acids is 1. The molecule has 184 valence electrons. The van der Waals surface area contributed by atoms with Gasteiger partial charge in [-0.3, -0.25) is 14.0 Å². The first-order valence-corrected chi connectivity index (χ1v) is 11.3. The number of hydrogen-bond donors (Lipinski definition) is 0. The van der Waals surface area contributed by atoms with Crippen molar-refractivity contribution in [3.05, 3.63) is 87.7 Å². The Hall–Kier alpha value is -4.49. The van der Waals surface area contributed by atoms with Crippen LogP contribution in [0.4, 0.5) is 0 Å². The quantitative estimate of drug-likeness (QED) is 0.371. The number of nitriles is 1. The molecule has 1 fully saturated rings. The summed E-state index contributed by atoms with van der Waals surface area (Å²) in [4.78, 5) is 35.2. The Morgan fingerprint density at radius 1 is 1.36 bits per heavy atom. The number of aromatic nitrogens is 3. The van der Waals surface area contributed by atoms with Gasteiger partial charge in [-0.05, 0) is 43.2 Å². The Morgan fingerprint density at radius 3 is 2.92 bits per heavy atom. The maximum atomic E-state index is 13.3. The minimum absolute atomic E-state index is 0.0498. The van der Waals surface area contributed by atoms with Gasteiger partial charge in [0.05, 0.1) is 17.4 Å². The van der Waals surface area contributed by atoms with E-state index in [0.29, 0.717) is 42.4 Å². The molecule has 0 aromatic carbocycles. The molecule has 10 nitrogen and oxygen atoms in total. The van der Waals surface area contributed by atoms with Gasteiger partial charge in [0.15, 0.2) is 17.0 Å². The zero-order valence-electron chi connectivity index (χ0n) is 20.1. The lowest BCUT2D eigenvalue weighted by Crippen LogP contribution is -2.30. The van der Waals surface area contributed by atoms with Crippen molar-refractivity contribution < 1.29 is 19.0 Å². The molecule has 0 spiro atoms. The number of hydrogen-bond acceptors (Lipinski definition) is 7. The molecule has 0 N–H and O–H groups in total. The molecule has 0 unspecified atom stereocenters. The second-order valence-electron chi connectivity index (χ2n) is 7.98. The lowest BCUT2D eigenvalue weighted by molar-refractivity contribution is -0.117. The largest absolute Gasteiger partial charge is 0.454 e. The first-order chi connectivity index (χ1) is 17.5. The highest BCUT2D eigenvalue weighted by Crippen LogP contribution is 2.21. The zero-order valence-corrected chi connectivity index (χ0v) is 20.1. The molecule has 4 heterocycles. The smallest absolute Gasteiger partial charge is 0.267 e. The van der Waals surface area contributed by atoms with E-state index < -0.39 is 5.91 Å². The standard InChI is InChI=1S/C26H25N5O5/c1-4-7-20-21(36-16-35-20)9-10-22(32)28-24-18(15-27)14-19-25(30(24)12-6-13-34-3)29-23-17(2)8-5-11-31(23)26(19)33/h4-5,7-9,11,14H,1,6,10,12-13,16H2,2-3H3/b20-7+,21-9+,28-24?. The number of amides is 1. The summed E-state index contributed by atoms with van der Waals surface area (Å²) in [6, 6.07) is 7.14. The lowest BCUT2D eigenvalue weighted by Gasteiger charge is -2.14. The summed E-state index contributed by atoms with van der Waals surface area (Å²) in [5.41, 5.74) is 1.57. The van der Waals surface area contributed by atoms with Crippen LogP contribution >= 0.6 is 0 Å². The van der Waals surface area contributed by atoms with E-state index in [-0.39, 0.29) is 35.2 Å². The summed E-state index contributed by atoms with van der Waals surface area (Å²) in [7, 11) is 1.59. The molecule has 10 heteroatoms. The number of pyridine rings is 2. The summed E-state index contributed by atoms with van der Waals surface area (Å²) in [5, 5.41) is 10.1. The van der Waals surface area contributed by atoms with Crippen molar-refractivity contribution in [1.29, 1.82) is 5.26 Å². The number of nitrogens with zero attached hydrogens (tertiary/aromatic N) is 5. The molecule has 4 rings (SSSR count). The highest BCUT2D eigenvalue weighted by atomic mass is 16.7. The molecule has 1 amide bonds. The van der Waals surface area contributed by atoms with Gasteiger partial charge in [0.25, 0.3) is 11.5 Å². The molecule has 0 bridgehead atoms. The van der Waals surface area contributed by atoms with Crippen LogP contribution in [0.25, 0.3) is 16.7 Å². The molecular formula is C26H25N5O5. The summed E-state index contributed by atoms with van der Waals surface area (Å²) in [6.07, 6.45) is 6.87. The molecule has 3 aromatic heterocycles. The van der Waals surface area contributed by atoms with Crippen LogP contribution in [0.2, 0.25) is 0 Å². The van der Waals surface area contributed by atoms with Crippen LogP contribution in [0, 0.1) is 18.3 Å². The van der Waals surface area contributed by atoms with Crippen LogP contribution in [0.1, 0.15) is 24.0 Å².